The van der Waals surface area contributed by atoms with Gasteiger partial charge in [-0.2, -0.15) is 5.10 Å². The van der Waals surface area contributed by atoms with Crippen molar-refractivity contribution in [2.24, 2.45) is 7.05 Å². The molecule has 92 valence electrons. The van der Waals surface area contributed by atoms with E-state index in [1.54, 1.807) is 0 Å². The van der Waals surface area contributed by atoms with Gasteiger partial charge in [0.05, 0.1) is 12.2 Å². The van der Waals surface area contributed by atoms with Crippen LogP contribution in [0.15, 0.2) is 36.5 Å². The topological polar surface area (TPSA) is 29.9 Å². The SMILES string of the molecule is Cc1nn(C)cc1CNCC#Cc1ccccc1. The minimum atomic E-state index is 0.684. The van der Waals surface area contributed by atoms with Crippen molar-refractivity contribution in [2.45, 2.75) is 13.5 Å². The van der Waals surface area contributed by atoms with Crippen LogP contribution in [0.1, 0.15) is 16.8 Å². The lowest BCUT2D eigenvalue weighted by molar-refractivity contribution is 0.753. The van der Waals surface area contributed by atoms with Crippen molar-refractivity contribution < 1.29 is 0 Å². The summed E-state index contributed by atoms with van der Waals surface area (Å²) in [5.41, 5.74) is 3.34. The highest BCUT2D eigenvalue weighted by molar-refractivity contribution is 5.33. The molecular formula is C15H17N3. The van der Waals surface area contributed by atoms with Crippen molar-refractivity contribution in [3.8, 4) is 11.8 Å². The summed E-state index contributed by atoms with van der Waals surface area (Å²) in [5.74, 6) is 6.23. The monoisotopic (exact) mass is 239 g/mol. The number of aromatic nitrogens is 2. The van der Waals surface area contributed by atoms with Gasteiger partial charge in [0.25, 0.3) is 0 Å². The molecule has 0 aliphatic heterocycles. The Bertz CT molecular complexity index is 558. The predicted octanol–water partition coefficient (Wildman–Crippen LogP) is 1.87. The zero-order valence-electron chi connectivity index (χ0n) is 10.8. The number of hydrogen-bond acceptors (Lipinski definition) is 2. The second-order valence-electron chi connectivity index (χ2n) is 4.18. The number of aryl methyl sites for hydroxylation is 2. The van der Waals surface area contributed by atoms with E-state index in [1.807, 2.05) is 55.2 Å². The Morgan fingerprint density at radius 3 is 2.72 bits per heavy atom. The molecule has 0 aliphatic carbocycles. The van der Waals surface area contributed by atoms with Crippen molar-refractivity contribution in [3.05, 3.63) is 53.3 Å². The zero-order valence-corrected chi connectivity index (χ0v) is 10.8. The maximum atomic E-state index is 4.30. The minimum absolute atomic E-state index is 0.684. The lowest BCUT2D eigenvalue weighted by Crippen LogP contribution is -2.13. The fourth-order valence-electron chi connectivity index (χ4n) is 1.75. The van der Waals surface area contributed by atoms with Gasteiger partial charge < -0.3 is 5.32 Å². The third kappa shape index (κ3) is 3.47. The third-order valence-electron chi connectivity index (χ3n) is 2.65. The van der Waals surface area contributed by atoms with E-state index >= 15 is 0 Å². The van der Waals surface area contributed by atoms with Gasteiger partial charge in [-0.05, 0) is 19.1 Å². The standard InChI is InChI=1S/C15H17N3/c1-13-15(12-18(2)17-13)11-16-10-6-9-14-7-4-3-5-8-14/h3-5,7-8,12,16H,10-11H2,1-2H3. The molecule has 0 amide bonds. The fourth-order valence-corrected chi connectivity index (χ4v) is 1.75. The number of nitrogens with zero attached hydrogens (tertiary/aromatic N) is 2. The smallest absolute Gasteiger partial charge is 0.0638 e. The maximum absolute atomic E-state index is 4.30. The summed E-state index contributed by atoms with van der Waals surface area (Å²) in [4.78, 5) is 0. The molecular weight excluding hydrogens is 222 g/mol. The molecule has 2 rings (SSSR count). The van der Waals surface area contributed by atoms with E-state index < -0.39 is 0 Å². The van der Waals surface area contributed by atoms with Crippen LogP contribution in [-0.2, 0) is 13.6 Å². The number of rotatable bonds is 3. The van der Waals surface area contributed by atoms with Crippen LogP contribution in [0.5, 0.6) is 0 Å². The van der Waals surface area contributed by atoms with Crippen LogP contribution in [0, 0.1) is 18.8 Å². The molecule has 2 aromatic rings. The van der Waals surface area contributed by atoms with Crippen molar-refractivity contribution in [3.63, 3.8) is 0 Å². The molecule has 1 aromatic heterocycles. The first-order chi connectivity index (χ1) is 8.75. The number of hydrogen-bond donors (Lipinski definition) is 1. The van der Waals surface area contributed by atoms with Crippen LogP contribution in [-0.4, -0.2) is 16.3 Å². The number of nitrogens with one attached hydrogen (secondary N) is 1. The second kappa shape index (κ2) is 6.04. The van der Waals surface area contributed by atoms with Crippen LogP contribution in [0.3, 0.4) is 0 Å². The lowest BCUT2D eigenvalue weighted by Gasteiger charge is -1.97. The van der Waals surface area contributed by atoms with Gasteiger partial charge in [-0.1, -0.05) is 30.0 Å². The molecule has 0 saturated heterocycles. The van der Waals surface area contributed by atoms with Gasteiger partial charge in [0.1, 0.15) is 0 Å². The predicted molar refractivity (Wildman–Crippen MR) is 73.0 cm³/mol. The normalized spacial score (nSPS) is 9.89. The van der Waals surface area contributed by atoms with E-state index in [4.69, 9.17) is 0 Å². The summed E-state index contributed by atoms with van der Waals surface area (Å²) < 4.78 is 1.84. The number of benzene rings is 1. The Balaban J connectivity index is 1.80. The van der Waals surface area contributed by atoms with Gasteiger partial charge in [-0.25, -0.2) is 0 Å². The van der Waals surface area contributed by atoms with E-state index in [0.29, 0.717) is 6.54 Å². The molecule has 0 radical (unpaired) electrons. The molecule has 0 unspecified atom stereocenters. The molecule has 1 N–H and O–H groups in total. The molecule has 0 fully saturated rings. The van der Waals surface area contributed by atoms with Gasteiger partial charge in [0.2, 0.25) is 0 Å². The Morgan fingerprint density at radius 1 is 1.28 bits per heavy atom. The van der Waals surface area contributed by atoms with Gasteiger partial charge in [-0.15, -0.1) is 0 Å². The van der Waals surface area contributed by atoms with E-state index in [0.717, 1.165) is 17.8 Å². The Kier molecular flexibility index (Phi) is 4.16. The average Bonchev–Trinajstić information content (AvgIpc) is 2.69. The molecule has 0 spiro atoms. The minimum Gasteiger partial charge on any atom is -0.302 e. The third-order valence-corrected chi connectivity index (χ3v) is 2.65. The highest BCUT2D eigenvalue weighted by Gasteiger charge is 2.00. The second-order valence-corrected chi connectivity index (χ2v) is 4.18. The summed E-state index contributed by atoms with van der Waals surface area (Å²) in [5, 5.41) is 7.60. The van der Waals surface area contributed by atoms with E-state index in [-0.39, 0.29) is 0 Å². The zero-order chi connectivity index (χ0) is 12.8. The van der Waals surface area contributed by atoms with Gasteiger partial charge in [-0.3, -0.25) is 4.68 Å². The van der Waals surface area contributed by atoms with Crippen molar-refractivity contribution in [1.82, 2.24) is 15.1 Å². The first-order valence-corrected chi connectivity index (χ1v) is 5.99. The highest BCUT2D eigenvalue weighted by atomic mass is 15.2. The fraction of sp³-hybridized carbons (Fsp3) is 0.267. The summed E-state index contributed by atoms with van der Waals surface area (Å²) in [6.07, 6.45) is 2.03. The van der Waals surface area contributed by atoms with Gasteiger partial charge in [0.15, 0.2) is 0 Å². The molecule has 3 nitrogen and oxygen atoms in total. The molecule has 1 aromatic carbocycles. The Labute approximate surface area is 108 Å². The summed E-state index contributed by atoms with van der Waals surface area (Å²) in [6.45, 7) is 3.51. The Morgan fingerprint density at radius 2 is 2.06 bits per heavy atom. The van der Waals surface area contributed by atoms with Gasteiger partial charge >= 0.3 is 0 Å². The first kappa shape index (κ1) is 12.4. The van der Waals surface area contributed by atoms with Crippen LogP contribution >= 0.6 is 0 Å². The molecule has 0 aliphatic rings. The summed E-state index contributed by atoms with van der Waals surface area (Å²) >= 11 is 0. The molecule has 0 atom stereocenters. The van der Waals surface area contributed by atoms with Gasteiger partial charge in [0, 0.05) is 30.9 Å². The quantitative estimate of drug-likeness (QED) is 0.654. The molecule has 18 heavy (non-hydrogen) atoms. The van der Waals surface area contributed by atoms with Crippen LogP contribution in [0.4, 0.5) is 0 Å². The molecule has 3 heteroatoms. The molecule has 0 saturated carbocycles. The first-order valence-electron chi connectivity index (χ1n) is 5.99. The van der Waals surface area contributed by atoms with Crippen LogP contribution < -0.4 is 5.32 Å². The van der Waals surface area contributed by atoms with E-state index in [1.165, 1.54) is 5.56 Å². The molecule has 0 bridgehead atoms. The van der Waals surface area contributed by atoms with E-state index in [2.05, 4.69) is 22.3 Å². The largest absolute Gasteiger partial charge is 0.302 e. The highest BCUT2D eigenvalue weighted by Crippen LogP contribution is 2.03. The van der Waals surface area contributed by atoms with Crippen molar-refractivity contribution in [1.29, 1.82) is 0 Å². The van der Waals surface area contributed by atoms with E-state index in [9.17, 15) is 0 Å². The average molecular weight is 239 g/mol. The summed E-state index contributed by atoms with van der Waals surface area (Å²) in [6, 6.07) is 10.0. The van der Waals surface area contributed by atoms with Crippen molar-refractivity contribution in [2.75, 3.05) is 6.54 Å². The lowest BCUT2D eigenvalue weighted by atomic mass is 10.2. The molecule has 1 heterocycles. The summed E-state index contributed by atoms with van der Waals surface area (Å²) in [7, 11) is 1.94. The van der Waals surface area contributed by atoms with Crippen LogP contribution in [0.2, 0.25) is 0 Å². The maximum Gasteiger partial charge on any atom is 0.0638 e. The van der Waals surface area contributed by atoms with Crippen molar-refractivity contribution >= 4 is 0 Å². The van der Waals surface area contributed by atoms with Crippen LogP contribution in [0.25, 0.3) is 0 Å². The Hall–Kier alpha value is -2.05.